The van der Waals surface area contributed by atoms with Crippen LogP contribution in [0.2, 0.25) is 0 Å². The van der Waals surface area contributed by atoms with Gasteiger partial charge >= 0.3 is 0 Å². The highest BCUT2D eigenvalue weighted by molar-refractivity contribution is 5.86. The molecule has 1 unspecified atom stereocenters. The molecule has 0 aromatic carbocycles. The van der Waals surface area contributed by atoms with Gasteiger partial charge in [-0.1, -0.05) is 6.42 Å². The molecule has 2 heteroatoms. The second-order valence-corrected chi connectivity index (χ2v) is 4.33. The molecule has 2 rings (SSSR count). The molecular weight excluding hydrogens is 162 g/mol. The van der Waals surface area contributed by atoms with Gasteiger partial charge in [0.05, 0.1) is 6.07 Å². The molecule has 2 saturated carbocycles. The van der Waals surface area contributed by atoms with Crippen LogP contribution in [0, 0.1) is 29.1 Å². The van der Waals surface area contributed by atoms with E-state index in [-0.39, 0.29) is 5.92 Å². The van der Waals surface area contributed by atoms with Crippen molar-refractivity contribution in [3.8, 4) is 6.07 Å². The molecule has 0 N–H and O–H groups in total. The topological polar surface area (TPSA) is 40.9 Å². The van der Waals surface area contributed by atoms with Crippen LogP contribution >= 0.6 is 0 Å². The second-order valence-electron chi connectivity index (χ2n) is 4.33. The number of hydrogen-bond donors (Lipinski definition) is 0. The normalized spacial score (nSPS) is 37.5. The second kappa shape index (κ2) is 3.49. The smallest absolute Gasteiger partial charge is 0.139 e. The quantitative estimate of drug-likeness (QED) is 0.649. The van der Waals surface area contributed by atoms with E-state index >= 15 is 0 Å². The van der Waals surface area contributed by atoms with Crippen molar-refractivity contribution in [1.29, 1.82) is 5.26 Å². The van der Waals surface area contributed by atoms with Crippen LogP contribution in [0.4, 0.5) is 0 Å². The molecule has 2 aliphatic rings. The summed E-state index contributed by atoms with van der Waals surface area (Å²) in [7, 11) is 0. The lowest BCUT2D eigenvalue weighted by Gasteiger charge is -2.06. The van der Waals surface area contributed by atoms with E-state index in [1.807, 2.05) is 0 Å². The predicted molar refractivity (Wildman–Crippen MR) is 48.8 cm³/mol. The van der Waals surface area contributed by atoms with Crippen molar-refractivity contribution in [2.75, 3.05) is 0 Å². The van der Waals surface area contributed by atoms with Crippen LogP contribution in [-0.2, 0) is 4.79 Å². The summed E-state index contributed by atoms with van der Waals surface area (Å²) in [5, 5.41) is 8.45. The fraction of sp³-hybridized carbons (Fsp3) is 0.818. The number of ketones is 1. The summed E-state index contributed by atoms with van der Waals surface area (Å²) in [6, 6.07) is 2.13. The number of nitrogens with zero attached hydrogens (tertiary/aromatic N) is 1. The third kappa shape index (κ3) is 1.48. The van der Waals surface area contributed by atoms with Crippen LogP contribution in [0.5, 0.6) is 0 Å². The molecule has 0 radical (unpaired) electrons. The molecular formula is C11H15NO. The third-order valence-electron chi connectivity index (χ3n) is 3.62. The van der Waals surface area contributed by atoms with Gasteiger partial charge in [0.25, 0.3) is 0 Å². The first-order chi connectivity index (χ1) is 6.33. The van der Waals surface area contributed by atoms with Crippen molar-refractivity contribution in [1.82, 2.24) is 0 Å². The standard InChI is InChI=1S/C11H15NO/c12-6-2-4-9-7-8-3-1-5-10(8)11(9)13/h8-10H,1-5,7H2/t8-,9?,10-/m0/s1. The molecule has 3 atom stereocenters. The summed E-state index contributed by atoms with van der Waals surface area (Å²) in [5.74, 6) is 1.76. The number of fused-ring (bicyclic) bond motifs is 1. The summed E-state index contributed by atoms with van der Waals surface area (Å²) >= 11 is 0. The van der Waals surface area contributed by atoms with Crippen molar-refractivity contribution in [2.45, 2.75) is 38.5 Å². The van der Waals surface area contributed by atoms with E-state index in [9.17, 15) is 4.79 Å². The number of rotatable bonds is 2. The maximum atomic E-state index is 11.8. The number of hydrogen-bond acceptors (Lipinski definition) is 2. The Morgan fingerprint density at radius 1 is 1.46 bits per heavy atom. The number of carbonyl (C=O) groups excluding carboxylic acids is 1. The van der Waals surface area contributed by atoms with Gasteiger partial charge in [-0.2, -0.15) is 5.26 Å². The summed E-state index contributed by atoms with van der Waals surface area (Å²) in [4.78, 5) is 11.8. The van der Waals surface area contributed by atoms with Crippen LogP contribution in [0.1, 0.15) is 38.5 Å². The third-order valence-corrected chi connectivity index (χ3v) is 3.62. The van der Waals surface area contributed by atoms with Crippen LogP contribution in [0.25, 0.3) is 0 Å². The van der Waals surface area contributed by atoms with E-state index < -0.39 is 0 Å². The molecule has 0 aliphatic heterocycles. The first-order valence-corrected chi connectivity index (χ1v) is 5.23. The molecule has 0 heterocycles. The van der Waals surface area contributed by atoms with Crippen LogP contribution in [0.3, 0.4) is 0 Å². The van der Waals surface area contributed by atoms with E-state index in [1.54, 1.807) is 0 Å². The Balaban J connectivity index is 1.95. The van der Waals surface area contributed by atoms with Crippen molar-refractivity contribution in [2.24, 2.45) is 17.8 Å². The SMILES string of the molecule is N#CCCC1C[C@@H]2CCC[C@@H]2C1=O. The maximum absolute atomic E-state index is 11.8. The summed E-state index contributed by atoms with van der Waals surface area (Å²) < 4.78 is 0. The fourth-order valence-corrected chi connectivity index (χ4v) is 2.98. The zero-order valence-corrected chi connectivity index (χ0v) is 7.83. The number of nitriles is 1. The van der Waals surface area contributed by atoms with E-state index in [0.29, 0.717) is 24.0 Å². The van der Waals surface area contributed by atoms with Gasteiger partial charge in [0.2, 0.25) is 0 Å². The van der Waals surface area contributed by atoms with Gasteiger partial charge < -0.3 is 0 Å². The Kier molecular flexibility index (Phi) is 2.35. The van der Waals surface area contributed by atoms with Crippen molar-refractivity contribution in [3.05, 3.63) is 0 Å². The molecule has 2 aliphatic carbocycles. The molecule has 0 bridgehead atoms. The molecule has 2 fully saturated rings. The Labute approximate surface area is 78.9 Å². The first kappa shape index (κ1) is 8.74. The fourth-order valence-electron chi connectivity index (χ4n) is 2.98. The predicted octanol–water partition coefficient (Wildman–Crippen LogP) is 2.30. The van der Waals surface area contributed by atoms with Gasteiger partial charge in [0.1, 0.15) is 5.78 Å². The zero-order chi connectivity index (χ0) is 9.26. The largest absolute Gasteiger partial charge is 0.299 e. The van der Waals surface area contributed by atoms with Crippen molar-refractivity contribution in [3.63, 3.8) is 0 Å². The molecule has 0 aromatic heterocycles. The molecule has 13 heavy (non-hydrogen) atoms. The van der Waals surface area contributed by atoms with Gasteiger partial charge in [-0.3, -0.25) is 4.79 Å². The van der Waals surface area contributed by atoms with Crippen LogP contribution in [-0.4, -0.2) is 5.78 Å². The minimum absolute atomic E-state index is 0.231. The average Bonchev–Trinajstić information content (AvgIpc) is 2.67. The first-order valence-electron chi connectivity index (χ1n) is 5.23. The van der Waals surface area contributed by atoms with Crippen LogP contribution < -0.4 is 0 Å². The molecule has 2 nitrogen and oxygen atoms in total. The Morgan fingerprint density at radius 3 is 3.00 bits per heavy atom. The summed E-state index contributed by atoms with van der Waals surface area (Å²) in [6.45, 7) is 0. The van der Waals surface area contributed by atoms with Gasteiger partial charge in [-0.05, 0) is 31.6 Å². The average molecular weight is 177 g/mol. The van der Waals surface area contributed by atoms with E-state index in [2.05, 4.69) is 6.07 Å². The minimum atomic E-state index is 0.231. The summed E-state index contributed by atoms with van der Waals surface area (Å²) in [5.41, 5.74) is 0. The number of Topliss-reactive ketones (excluding diaryl/α,β-unsaturated/α-hetero) is 1. The van der Waals surface area contributed by atoms with Gasteiger partial charge in [-0.15, -0.1) is 0 Å². The molecule has 70 valence electrons. The lowest BCUT2D eigenvalue weighted by molar-refractivity contribution is -0.124. The lowest BCUT2D eigenvalue weighted by Crippen LogP contribution is -2.13. The highest BCUT2D eigenvalue weighted by Crippen LogP contribution is 2.45. The Bertz CT molecular complexity index is 253. The monoisotopic (exact) mass is 177 g/mol. The Morgan fingerprint density at radius 2 is 2.31 bits per heavy atom. The van der Waals surface area contributed by atoms with Gasteiger partial charge in [-0.25, -0.2) is 0 Å². The van der Waals surface area contributed by atoms with Crippen LogP contribution in [0.15, 0.2) is 0 Å². The Hall–Kier alpha value is -0.840. The maximum Gasteiger partial charge on any atom is 0.139 e. The highest BCUT2D eigenvalue weighted by Gasteiger charge is 2.43. The lowest BCUT2D eigenvalue weighted by atomic mass is 9.97. The zero-order valence-electron chi connectivity index (χ0n) is 7.83. The molecule has 0 spiro atoms. The molecule has 0 amide bonds. The molecule has 0 saturated heterocycles. The van der Waals surface area contributed by atoms with E-state index in [4.69, 9.17) is 5.26 Å². The highest BCUT2D eigenvalue weighted by atomic mass is 16.1. The van der Waals surface area contributed by atoms with E-state index in [0.717, 1.165) is 19.3 Å². The molecule has 0 aromatic rings. The van der Waals surface area contributed by atoms with Crippen molar-refractivity contribution < 1.29 is 4.79 Å². The minimum Gasteiger partial charge on any atom is -0.299 e. The van der Waals surface area contributed by atoms with E-state index in [1.165, 1.54) is 12.8 Å². The number of carbonyl (C=O) groups is 1. The van der Waals surface area contributed by atoms with Crippen molar-refractivity contribution >= 4 is 5.78 Å². The van der Waals surface area contributed by atoms with Gasteiger partial charge in [0, 0.05) is 18.3 Å². The summed E-state index contributed by atoms with van der Waals surface area (Å²) in [6.07, 6.45) is 6.04. The van der Waals surface area contributed by atoms with Gasteiger partial charge in [0.15, 0.2) is 0 Å².